The van der Waals surface area contributed by atoms with E-state index in [2.05, 4.69) is 385 Å². The standard InChI is InChI=1S/C98H62N4/c1-3-24-67(25-4-1)97-99-89-40-15-17-42-91(89)101(97)79-34-20-31-72(59-79)65-44-48-66(49-45-65)93-81-36-11-12-37-82(81)95(77-50-46-63-22-7-9-28-69(63)56-77)85-54-52-74(61-87(85)93)75-53-55-86-88(62-75)96(78-51-47-64-23-8-10-29-70(64)57-78)84-39-14-13-38-83(84)94(86)76-33-19-30-71(58-76)73-32-21-35-80(60-73)102-92-43-18-16-41-90(92)100-98(102)68-26-5-2-6-27-68/h1-62H. The smallest absolute Gasteiger partial charge is 0.145 e. The van der Waals surface area contributed by atoms with Gasteiger partial charge in [0.1, 0.15) is 11.6 Å². The van der Waals surface area contributed by atoms with Crippen LogP contribution in [-0.4, -0.2) is 19.1 Å². The average molecular weight is 1300 g/mol. The maximum Gasteiger partial charge on any atom is 0.145 e. The molecule has 0 saturated carbocycles. The van der Waals surface area contributed by atoms with Gasteiger partial charge in [-0.1, -0.05) is 297 Å². The number of rotatable bonds is 11. The van der Waals surface area contributed by atoms with Crippen LogP contribution >= 0.6 is 0 Å². The van der Waals surface area contributed by atoms with Crippen LogP contribution in [0, 0.1) is 0 Å². The zero-order chi connectivity index (χ0) is 67.2. The number of imidazole rings is 2. The molecule has 0 amide bonds. The Labute approximate surface area is 590 Å². The van der Waals surface area contributed by atoms with E-state index in [9.17, 15) is 0 Å². The summed E-state index contributed by atoms with van der Waals surface area (Å²) in [5, 5.41) is 14.5. The summed E-state index contributed by atoms with van der Waals surface area (Å²) >= 11 is 0. The Morgan fingerprint density at radius 3 is 0.971 bits per heavy atom. The SMILES string of the molecule is c1ccc(-c2nc3ccccc3n2-c2cccc(-c3ccc(-c4c5ccccc5c(-c5ccc6ccccc6c5)c5ccc(-c6ccc7c(-c8cccc(-c9cccc(-n%10c(-c%11ccccc%11)nc%11ccccc%11%10)c9)c8)c8ccccc8c(-c8ccc9ccccc9c8)c7c6)cc45)cc3)c2)cc1. The van der Waals surface area contributed by atoms with Crippen LogP contribution in [0.2, 0.25) is 0 Å². The summed E-state index contributed by atoms with van der Waals surface area (Å²) in [5.74, 6) is 1.83. The molecule has 102 heavy (non-hydrogen) atoms. The molecule has 0 fully saturated rings. The molecule has 4 heteroatoms. The molecule has 4 nitrogen and oxygen atoms in total. The Morgan fingerprint density at radius 2 is 0.480 bits per heavy atom. The van der Waals surface area contributed by atoms with E-state index in [4.69, 9.17) is 9.97 Å². The van der Waals surface area contributed by atoms with Crippen LogP contribution in [0.4, 0.5) is 0 Å². The second-order valence-electron chi connectivity index (χ2n) is 26.7. The fourth-order valence-corrected chi connectivity index (χ4v) is 16.1. The van der Waals surface area contributed by atoms with Crippen molar-refractivity contribution in [2.24, 2.45) is 0 Å². The molecule has 0 radical (unpaired) electrons. The molecule has 2 heterocycles. The minimum absolute atomic E-state index is 0.915. The summed E-state index contributed by atoms with van der Waals surface area (Å²) < 4.78 is 4.59. The molecule has 0 spiro atoms. The average Bonchev–Trinajstić information content (AvgIpc) is 1.10. The van der Waals surface area contributed by atoms with Crippen molar-refractivity contribution in [1.29, 1.82) is 0 Å². The van der Waals surface area contributed by atoms with E-state index in [0.717, 1.165) is 101 Å². The maximum atomic E-state index is 5.20. The summed E-state index contributed by atoms with van der Waals surface area (Å²) in [7, 11) is 0. The molecule has 18 aromatic carbocycles. The topological polar surface area (TPSA) is 35.6 Å². The Balaban J connectivity index is 0.766. The number of aromatic nitrogens is 4. The predicted octanol–water partition coefficient (Wildman–Crippen LogP) is 26.3. The van der Waals surface area contributed by atoms with E-state index in [-0.39, 0.29) is 0 Å². The number of hydrogen-bond donors (Lipinski definition) is 0. The van der Waals surface area contributed by atoms with Crippen molar-refractivity contribution < 1.29 is 0 Å². The third-order valence-corrected chi connectivity index (χ3v) is 20.8. The van der Waals surface area contributed by atoms with Gasteiger partial charge in [0.2, 0.25) is 0 Å². The number of fused-ring (bicyclic) bond motifs is 8. The van der Waals surface area contributed by atoms with Crippen LogP contribution < -0.4 is 0 Å². The van der Waals surface area contributed by atoms with Crippen molar-refractivity contribution in [3.05, 3.63) is 376 Å². The van der Waals surface area contributed by atoms with Crippen molar-refractivity contribution >= 4 is 86.7 Å². The lowest BCUT2D eigenvalue weighted by molar-refractivity contribution is 1.10. The molecule has 20 aromatic rings. The molecule has 0 atom stereocenters. The Morgan fingerprint density at radius 1 is 0.167 bits per heavy atom. The van der Waals surface area contributed by atoms with E-state index in [1.807, 2.05) is 0 Å². The molecule has 0 aliphatic rings. The van der Waals surface area contributed by atoms with E-state index in [1.54, 1.807) is 0 Å². The van der Waals surface area contributed by atoms with Gasteiger partial charge in [0.25, 0.3) is 0 Å². The van der Waals surface area contributed by atoms with E-state index in [1.165, 1.54) is 98.0 Å². The van der Waals surface area contributed by atoms with Crippen molar-refractivity contribution in [3.63, 3.8) is 0 Å². The fraction of sp³-hybridized carbons (Fsp3) is 0. The summed E-state index contributed by atoms with van der Waals surface area (Å²) in [6.07, 6.45) is 0. The minimum atomic E-state index is 0.915. The highest BCUT2D eigenvalue weighted by Crippen LogP contribution is 2.49. The molecular formula is C98H62N4. The van der Waals surface area contributed by atoms with Crippen molar-refractivity contribution in [3.8, 4) is 112 Å². The highest BCUT2D eigenvalue weighted by molar-refractivity contribution is 6.24. The third-order valence-electron chi connectivity index (χ3n) is 20.8. The largest absolute Gasteiger partial charge is 0.292 e. The molecule has 0 unspecified atom stereocenters. The Hall–Kier alpha value is -13.5. The summed E-state index contributed by atoms with van der Waals surface area (Å²) in [5.41, 5.74) is 24.7. The van der Waals surface area contributed by atoms with Gasteiger partial charge >= 0.3 is 0 Å². The summed E-state index contributed by atoms with van der Waals surface area (Å²) in [4.78, 5) is 10.4. The van der Waals surface area contributed by atoms with Gasteiger partial charge in [-0.15, -0.1) is 0 Å². The van der Waals surface area contributed by atoms with Gasteiger partial charge in [0.05, 0.1) is 22.1 Å². The van der Waals surface area contributed by atoms with Gasteiger partial charge in [-0.3, -0.25) is 9.13 Å². The van der Waals surface area contributed by atoms with Gasteiger partial charge in [-0.25, -0.2) is 9.97 Å². The maximum absolute atomic E-state index is 5.20. The summed E-state index contributed by atoms with van der Waals surface area (Å²) in [6.45, 7) is 0. The molecule has 474 valence electrons. The van der Waals surface area contributed by atoms with Crippen LogP contribution in [0.25, 0.3) is 199 Å². The van der Waals surface area contributed by atoms with Crippen molar-refractivity contribution in [2.75, 3.05) is 0 Å². The second kappa shape index (κ2) is 24.2. The third kappa shape index (κ3) is 9.91. The Kier molecular flexibility index (Phi) is 13.9. The second-order valence-corrected chi connectivity index (χ2v) is 26.7. The van der Waals surface area contributed by atoms with E-state index >= 15 is 0 Å². The highest BCUT2D eigenvalue weighted by atomic mass is 15.1. The molecular weight excluding hydrogens is 1230 g/mol. The fourth-order valence-electron chi connectivity index (χ4n) is 16.1. The number of nitrogens with zero attached hydrogens (tertiary/aromatic N) is 4. The lowest BCUT2D eigenvalue weighted by Crippen LogP contribution is -1.98. The predicted molar refractivity (Wildman–Crippen MR) is 430 cm³/mol. The first kappa shape index (κ1) is 58.6. The van der Waals surface area contributed by atoms with Crippen LogP contribution in [0.3, 0.4) is 0 Å². The first-order valence-electron chi connectivity index (χ1n) is 35.0. The normalized spacial score (nSPS) is 11.7. The number of hydrogen-bond acceptors (Lipinski definition) is 2. The van der Waals surface area contributed by atoms with Crippen LogP contribution in [0.15, 0.2) is 376 Å². The van der Waals surface area contributed by atoms with Crippen molar-refractivity contribution in [2.45, 2.75) is 0 Å². The molecule has 0 aliphatic carbocycles. The molecule has 0 bridgehead atoms. The van der Waals surface area contributed by atoms with E-state index in [0.29, 0.717) is 0 Å². The van der Waals surface area contributed by atoms with Crippen LogP contribution in [0.5, 0.6) is 0 Å². The van der Waals surface area contributed by atoms with Gasteiger partial charge in [0.15, 0.2) is 0 Å². The van der Waals surface area contributed by atoms with Crippen LogP contribution in [0.1, 0.15) is 0 Å². The monoisotopic (exact) mass is 1290 g/mol. The summed E-state index contributed by atoms with van der Waals surface area (Å²) in [6, 6.07) is 138. The molecule has 0 saturated heterocycles. The first-order chi connectivity index (χ1) is 50.6. The minimum Gasteiger partial charge on any atom is -0.292 e. The lowest BCUT2D eigenvalue weighted by Gasteiger charge is -2.21. The zero-order valence-electron chi connectivity index (χ0n) is 55.6. The van der Waals surface area contributed by atoms with Gasteiger partial charge in [0, 0.05) is 22.5 Å². The zero-order valence-corrected chi connectivity index (χ0v) is 55.6. The Bertz CT molecular complexity index is 6740. The van der Waals surface area contributed by atoms with Crippen molar-refractivity contribution in [1.82, 2.24) is 19.1 Å². The molecule has 0 aliphatic heterocycles. The molecule has 0 N–H and O–H groups in total. The van der Waals surface area contributed by atoms with Gasteiger partial charge < -0.3 is 0 Å². The molecule has 2 aromatic heterocycles. The van der Waals surface area contributed by atoms with Crippen LogP contribution in [-0.2, 0) is 0 Å². The lowest BCUT2D eigenvalue weighted by atomic mass is 9.83. The highest BCUT2D eigenvalue weighted by Gasteiger charge is 2.23. The quantitative estimate of drug-likeness (QED) is 0.121. The number of benzene rings is 18. The van der Waals surface area contributed by atoms with Gasteiger partial charge in [-0.2, -0.15) is 0 Å². The van der Waals surface area contributed by atoms with Gasteiger partial charge in [-0.05, 0) is 221 Å². The number of para-hydroxylation sites is 4. The van der Waals surface area contributed by atoms with E-state index < -0.39 is 0 Å². The molecule has 20 rings (SSSR count). The first-order valence-corrected chi connectivity index (χ1v) is 35.0.